The lowest BCUT2D eigenvalue weighted by Crippen LogP contribution is -2.41. The normalized spacial score (nSPS) is 14.8. The molecule has 0 N–H and O–H groups in total. The summed E-state index contributed by atoms with van der Waals surface area (Å²) in [5.74, 6) is -0.157. The van der Waals surface area contributed by atoms with Crippen LogP contribution in [0.4, 0.5) is 0 Å². The molecule has 5 nitrogen and oxygen atoms in total. The Labute approximate surface area is 159 Å². The summed E-state index contributed by atoms with van der Waals surface area (Å²) >= 11 is 5.87. The van der Waals surface area contributed by atoms with Crippen LogP contribution < -0.4 is 0 Å². The third-order valence-corrected chi connectivity index (χ3v) is 6.48. The van der Waals surface area contributed by atoms with Gasteiger partial charge in [0, 0.05) is 24.7 Å². The summed E-state index contributed by atoms with van der Waals surface area (Å²) in [6.45, 7) is 1.36. The maximum atomic E-state index is 13.1. The fourth-order valence-corrected chi connectivity index (χ4v) is 4.49. The zero-order valence-electron chi connectivity index (χ0n) is 14.3. The second kappa shape index (κ2) is 8.20. The van der Waals surface area contributed by atoms with E-state index in [4.69, 9.17) is 11.6 Å². The molecule has 0 radical (unpaired) electrons. The molecular weight excluding hydrogens is 372 g/mol. The molecule has 0 unspecified atom stereocenters. The Hall–Kier alpha value is -1.89. The molecule has 3 rings (SSSR count). The minimum Gasteiger partial charge on any atom is -0.342 e. The van der Waals surface area contributed by atoms with Gasteiger partial charge in [0.1, 0.15) is 0 Å². The number of amides is 1. The van der Waals surface area contributed by atoms with Crippen LogP contribution in [0.1, 0.15) is 18.4 Å². The van der Waals surface area contributed by atoms with Crippen LogP contribution in [0.2, 0.25) is 5.02 Å². The van der Waals surface area contributed by atoms with Crippen molar-refractivity contribution >= 4 is 27.5 Å². The van der Waals surface area contributed by atoms with Gasteiger partial charge in [-0.25, -0.2) is 8.42 Å². The van der Waals surface area contributed by atoms with Gasteiger partial charge in [0.05, 0.1) is 11.4 Å². The third-order valence-electron chi connectivity index (χ3n) is 4.42. The smallest absolute Gasteiger partial charge is 0.243 e. The number of halogens is 1. The standard InChI is InChI=1S/C19H21ClN2O3S/c20-17-8-10-18(11-9-17)26(24,25)22(14-16-6-2-1-3-7-16)15-19(23)21-12-4-5-13-21/h1-3,6-11H,4-5,12-15H2. The number of likely N-dealkylation sites (tertiary alicyclic amines) is 1. The Balaban J connectivity index is 1.88. The van der Waals surface area contributed by atoms with E-state index in [9.17, 15) is 13.2 Å². The van der Waals surface area contributed by atoms with E-state index in [1.807, 2.05) is 30.3 Å². The Morgan fingerprint density at radius 2 is 1.62 bits per heavy atom. The summed E-state index contributed by atoms with van der Waals surface area (Å²) in [4.78, 5) is 14.4. The first-order chi connectivity index (χ1) is 12.5. The second-order valence-electron chi connectivity index (χ2n) is 6.30. The molecule has 0 aromatic heterocycles. The van der Waals surface area contributed by atoms with Gasteiger partial charge in [-0.2, -0.15) is 4.31 Å². The molecule has 138 valence electrons. The van der Waals surface area contributed by atoms with E-state index in [1.54, 1.807) is 4.90 Å². The van der Waals surface area contributed by atoms with E-state index in [2.05, 4.69) is 0 Å². The lowest BCUT2D eigenvalue weighted by Gasteiger charge is -2.24. The van der Waals surface area contributed by atoms with E-state index in [1.165, 1.54) is 28.6 Å². The Kier molecular flexibility index (Phi) is 5.96. The third kappa shape index (κ3) is 4.44. The number of carbonyl (C=O) groups excluding carboxylic acids is 1. The number of carbonyl (C=O) groups is 1. The molecule has 0 saturated carbocycles. The largest absolute Gasteiger partial charge is 0.342 e. The number of benzene rings is 2. The van der Waals surface area contributed by atoms with Gasteiger partial charge in [0.25, 0.3) is 0 Å². The fraction of sp³-hybridized carbons (Fsp3) is 0.316. The predicted molar refractivity (Wildman–Crippen MR) is 101 cm³/mol. The Morgan fingerprint density at radius 1 is 1.00 bits per heavy atom. The summed E-state index contributed by atoms with van der Waals surface area (Å²) in [7, 11) is -3.81. The van der Waals surface area contributed by atoms with Crippen LogP contribution in [0.5, 0.6) is 0 Å². The van der Waals surface area contributed by atoms with Gasteiger partial charge in [-0.05, 0) is 42.7 Å². The summed E-state index contributed by atoms with van der Waals surface area (Å²) in [6.07, 6.45) is 1.93. The van der Waals surface area contributed by atoms with Gasteiger partial charge >= 0.3 is 0 Å². The molecule has 1 heterocycles. The zero-order chi connectivity index (χ0) is 18.6. The molecule has 0 spiro atoms. The molecule has 2 aromatic rings. The predicted octanol–water partition coefficient (Wildman–Crippen LogP) is 3.15. The van der Waals surface area contributed by atoms with Crippen LogP contribution in [0, 0.1) is 0 Å². The van der Waals surface area contributed by atoms with E-state index < -0.39 is 10.0 Å². The second-order valence-corrected chi connectivity index (χ2v) is 8.67. The van der Waals surface area contributed by atoms with Crippen molar-refractivity contribution < 1.29 is 13.2 Å². The van der Waals surface area contributed by atoms with Crippen LogP contribution in [-0.4, -0.2) is 43.2 Å². The zero-order valence-corrected chi connectivity index (χ0v) is 15.9. The number of hydrogen-bond donors (Lipinski definition) is 0. The lowest BCUT2D eigenvalue weighted by atomic mass is 10.2. The topological polar surface area (TPSA) is 57.7 Å². The fourth-order valence-electron chi connectivity index (χ4n) is 2.99. The molecule has 0 aliphatic carbocycles. The highest BCUT2D eigenvalue weighted by Gasteiger charge is 2.29. The molecule has 1 aliphatic rings. The minimum absolute atomic E-state index is 0.132. The molecule has 1 saturated heterocycles. The van der Waals surface area contributed by atoms with Crippen molar-refractivity contribution in [3.05, 3.63) is 65.2 Å². The average Bonchev–Trinajstić information content (AvgIpc) is 3.17. The molecule has 1 amide bonds. The van der Waals surface area contributed by atoms with Gasteiger partial charge in [-0.1, -0.05) is 41.9 Å². The van der Waals surface area contributed by atoms with Gasteiger partial charge in [-0.3, -0.25) is 4.79 Å². The Bertz CT molecular complexity index is 848. The quantitative estimate of drug-likeness (QED) is 0.758. The van der Waals surface area contributed by atoms with E-state index in [-0.39, 0.29) is 23.9 Å². The number of hydrogen-bond acceptors (Lipinski definition) is 3. The molecule has 26 heavy (non-hydrogen) atoms. The van der Waals surface area contributed by atoms with Gasteiger partial charge in [-0.15, -0.1) is 0 Å². The molecule has 1 aliphatic heterocycles. The van der Waals surface area contributed by atoms with Crippen molar-refractivity contribution in [2.24, 2.45) is 0 Å². The van der Waals surface area contributed by atoms with Crippen LogP contribution in [0.15, 0.2) is 59.5 Å². The van der Waals surface area contributed by atoms with Gasteiger partial charge in [0.2, 0.25) is 15.9 Å². The van der Waals surface area contributed by atoms with Crippen molar-refractivity contribution in [3.8, 4) is 0 Å². The number of sulfonamides is 1. The molecule has 7 heteroatoms. The highest BCUT2D eigenvalue weighted by Crippen LogP contribution is 2.21. The lowest BCUT2D eigenvalue weighted by molar-refractivity contribution is -0.130. The van der Waals surface area contributed by atoms with Crippen LogP contribution in [0.3, 0.4) is 0 Å². The summed E-state index contributed by atoms with van der Waals surface area (Å²) in [5.41, 5.74) is 0.833. The first-order valence-corrected chi connectivity index (χ1v) is 10.4. The number of rotatable bonds is 6. The average molecular weight is 393 g/mol. The van der Waals surface area contributed by atoms with Crippen molar-refractivity contribution in [1.29, 1.82) is 0 Å². The summed E-state index contributed by atoms with van der Waals surface area (Å²) in [5, 5.41) is 0.465. The SMILES string of the molecule is O=C(CN(Cc1ccccc1)S(=O)(=O)c1ccc(Cl)cc1)N1CCCC1. The van der Waals surface area contributed by atoms with E-state index >= 15 is 0 Å². The maximum Gasteiger partial charge on any atom is 0.243 e. The van der Waals surface area contributed by atoms with Crippen LogP contribution in [0.25, 0.3) is 0 Å². The molecule has 0 atom stereocenters. The highest BCUT2D eigenvalue weighted by molar-refractivity contribution is 7.89. The first kappa shape index (κ1) is 18.9. The summed E-state index contributed by atoms with van der Waals surface area (Å²) < 4.78 is 27.5. The maximum absolute atomic E-state index is 13.1. The molecule has 2 aromatic carbocycles. The van der Waals surface area contributed by atoms with Crippen molar-refractivity contribution in [2.45, 2.75) is 24.3 Å². The summed E-state index contributed by atoms with van der Waals surface area (Å²) in [6, 6.07) is 15.3. The Morgan fingerprint density at radius 3 is 2.23 bits per heavy atom. The van der Waals surface area contributed by atoms with E-state index in [0.717, 1.165) is 18.4 Å². The first-order valence-electron chi connectivity index (χ1n) is 8.54. The molecular formula is C19H21ClN2O3S. The molecule has 0 bridgehead atoms. The molecule has 1 fully saturated rings. The number of nitrogens with zero attached hydrogens (tertiary/aromatic N) is 2. The van der Waals surface area contributed by atoms with Crippen LogP contribution >= 0.6 is 11.6 Å². The van der Waals surface area contributed by atoms with Crippen molar-refractivity contribution in [1.82, 2.24) is 9.21 Å². The minimum atomic E-state index is -3.81. The van der Waals surface area contributed by atoms with Gasteiger partial charge < -0.3 is 4.90 Å². The van der Waals surface area contributed by atoms with E-state index in [0.29, 0.717) is 18.1 Å². The monoisotopic (exact) mass is 392 g/mol. The van der Waals surface area contributed by atoms with Crippen LogP contribution in [-0.2, 0) is 21.4 Å². The van der Waals surface area contributed by atoms with Gasteiger partial charge in [0.15, 0.2) is 0 Å². The van der Waals surface area contributed by atoms with Crippen molar-refractivity contribution in [2.75, 3.05) is 19.6 Å². The van der Waals surface area contributed by atoms with Crippen molar-refractivity contribution in [3.63, 3.8) is 0 Å². The highest BCUT2D eigenvalue weighted by atomic mass is 35.5.